The zero-order valence-electron chi connectivity index (χ0n) is 21.7. The number of ether oxygens (including phenoxy) is 2. The van der Waals surface area contributed by atoms with Crippen LogP contribution in [-0.2, 0) is 9.59 Å². The number of hydrogen-bond donors (Lipinski definition) is 4. The van der Waals surface area contributed by atoms with Gasteiger partial charge in [0.15, 0.2) is 0 Å². The molecule has 2 amide bonds. The summed E-state index contributed by atoms with van der Waals surface area (Å²) >= 11 is 6.35. The molecule has 0 spiro atoms. The van der Waals surface area contributed by atoms with Gasteiger partial charge in [0.1, 0.15) is 34.2 Å². The summed E-state index contributed by atoms with van der Waals surface area (Å²) in [7, 11) is 1.51. The van der Waals surface area contributed by atoms with Gasteiger partial charge in [-0.05, 0) is 44.4 Å². The number of rotatable bonds is 11. The van der Waals surface area contributed by atoms with E-state index in [1.54, 1.807) is 32.0 Å². The molecule has 9 nitrogen and oxygen atoms in total. The summed E-state index contributed by atoms with van der Waals surface area (Å²) in [5.74, 6) is 0.686. The summed E-state index contributed by atoms with van der Waals surface area (Å²) in [4.78, 5) is 27.8. The molecule has 0 saturated heterocycles. The number of hydrogen-bond acceptors (Lipinski definition) is 7. The number of aliphatic hydroxyl groups is 1. The highest BCUT2D eigenvalue weighted by Crippen LogP contribution is 2.36. The van der Waals surface area contributed by atoms with E-state index >= 15 is 0 Å². The maximum absolute atomic E-state index is 13.3. The van der Waals surface area contributed by atoms with Gasteiger partial charge in [-0.25, -0.2) is 0 Å². The van der Waals surface area contributed by atoms with Crippen molar-refractivity contribution in [3.8, 4) is 11.5 Å². The van der Waals surface area contributed by atoms with Crippen LogP contribution in [-0.4, -0.2) is 59.5 Å². The quantitative estimate of drug-likeness (QED) is 0.254. The fourth-order valence-electron chi connectivity index (χ4n) is 4.53. The Balaban J connectivity index is 1.69. The number of carbonyl (C=O) groups is 2. The van der Waals surface area contributed by atoms with Crippen molar-refractivity contribution in [3.05, 3.63) is 47.3 Å². The van der Waals surface area contributed by atoms with Crippen molar-refractivity contribution >= 4 is 29.3 Å². The lowest BCUT2D eigenvalue weighted by Gasteiger charge is -2.31. The second-order valence-electron chi connectivity index (χ2n) is 10.1. The lowest BCUT2D eigenvalue weighted by Crippen LogP contribution is -2.50. The minimum atomic E-state index is -0.904. The molecular formula is C27H37ClN4O5. The van der Waals surface area contributed by atoms with Crippen LogP contribution < -0.4 is 20.1 Å². The molecule has 0 unspecified atom stereocenters. The van der Waals surface area contributed by atoms with Crippen LogP contribution in [0.1, 0.15) is 52.4 Å². The van der Waals surface area contributed by atoms with Gasteiger partial charge in [0, 0.05) is 18.8 Å². The van der Waals surface area contributed by atoms with Crippen molar-refractivity contribution in [3.63, 3.8) is 0 Å². The second-order valence-corrected chi connectivity index (χ2v) is 10.5. The largest absolute Gasteiger partial charge is 0.495 e. The molecule has 202 valence electrons. The lowest BCUT2D eigenvalue weighted by atomic mass is 9.84. The predicted octanol–water partition coefficient (Wildman–Crippen LogP) is 3.76. The number of nitrogens with zero attached hydrogens (tertiary/aromatic N) is 1. The van der Waals surface area contributed by atoms with E-state index in [2.05, 4.69) is 10.6 Å². The summed E-state index contributed by atoms with van der Waals surface area (Å²) in [6.45, 7) is 3.74. The van der Waals surface area contributed by atoms with Crippen LogP contribution in [0.4, 0.5) is 0 Å². The first kappa shape index (κ1) is 28.5. The van der Waals surface area contributed by atoms with Crippen LogP contribution in [0.3, 0.4) is 0 Å². The third kappa shape index (κ3) is 8.50. The van der Waals surface area contributed by atoms with Gasteiger partial charge in [0.2, 0.25) is 5.91 Å². The first-order chi connectivity index (χ1) is 17.6. The van der Waals surface area contributed by atoms with Gasteiger partial charge in [0.25, 0.3) is 5.91 Å². The molecule has 0 bridgehead atoms. The first-order valence-corrected chi connectivity index (χ1v) is 13.0. The molecular weight excluding hydrogens is 496 g/mol. The molecule has 2 aliphatic rings. The highest BCUT2D eigenvalue weighted by molar-refractivity contribution is 6.33. The van der Waals surface area contributed by atoms with E-state index in [4.69, 9.17) is 26.5 Å². The third-order valence-corrected chi connectivity index (χ3v) is 6.78. The number of halogens is 1. The third-order valence-electron chi connectivity index (χ3n) is 6.40. The van der Waals surface area contributed by atoms with Crippen molar-refractivity contribution in [1.82, 2.24) is 15.5 Å². The molecule has 1 aliphatic carbocycles. The van der Waals surface area contributed by atoms with Crippen LogP contribution in [0.15, 0.2) is 42.3 Å². The van der Waals surface area contributed by atoms with E-state index in [-0.39, 0.29) is 18.3 Å². The Morgan fingerprint density at radius 1 is 1.30 bits per heavy atom. The fourth-order valence-corrected chi connectivity index (χ4v) is 4.77. The first-order valence-electron chi connectivity index (χ1n) is 12.6. The highest BCUT2D eigenvalue weighted by atomic mass is 35.5. The number of methoxy groups -OCH3 is 1. The average Bonchev–Trinajstić information content (AvgIpc) is 3.21. The van der Waals surface area contributed by atoms with Crippen LogP contribution in [0.25, 0.3) is 0 Å². The molecule has 1 aliphatic heterocycles. The van der Waals surface area contributed by atoms with Gasteiger partial charge >= 0.3 is 0 Å². The zero-order valence-corrected chi connectivity index (χ0v) is 22.4. The summed E-state index contributed by atoms with van der Waals surface area (Å²) in [5, 5.41) is 23.7. The SMILES string of the molecule is COc1cccc(OC2=CC(=O)N([C@@H](CC3CCCCC3)C(=O)NC(=N)/C=C\NCC(C)(C)O)C2)c1Cl. The molecule has 4 N–H and O–H groups in total. The Morgan fingerprint density at radius 3 is 2.68 bits per heavy atom. The van der Waals surface area contributed by atoms with Gasteiger partial charge < -0.3 is 30.1 Å². The summed E-state index contributed by atoms with van der Waals surface area (Å²) < 4.78 is 11.1. The Labute approximate surface area is 223 Å². The molecule has 1 aromatic rings. The molecule has 0 radical (unpaired) electrons. The lowest BCUT2D eigenvalue weighted by molar-refractivity contribution is -0.135. The maximum atomic E-state index is 13.3. The van der Waals surface area contributed by atoms with E-state index in [1.807, 2.05) is 0 Å². The second kappa shape index (κ2) is 13.0. The van der Waals surface area contributed by atoms with Gasteiger partial charge in [-0.3, -0.25) is 15.0 Å². The van der Waals surface area contributed by atoms with Gasteiger partial charge in [-0.2, -0.15) is 0 Å². The van der Waals surface area contributed by atoms with E-state index in [9.17, 15) is 14.7 Å². The van der Waals surface area contributed by atoms with E-state index in [1.165, 1.54) is 36.8 Å². The number of carbonyl (C=O) groups excluding carboxylic acids is 2. The van der Waals surface area contributed by atoms with Crippen LogP contribution >= 0.6 is 11.6 Å². The highest BCUT2D eigenvalue weighted by Gasteiger charge is 2.36. The maximum Gasteiger partial charge on any atom is 0.251 e. The average molecular weight is 533 g/mol. The molecule has 3 rings (SSSR count). The van der Waals surface area contributed by atoms with Crippen molar-refractivity contribution in [1.29, 1.82) is 5.41 Å². The van der Waals surface area contributed by atoms with E-state index in [0.717, 1.165) is 25.7 Å². The monoisotopic (exact) mass is 532 g/mol. The number of amidine groups is 1. The van der Waals surface area contributed by atoms with Crippen LogP contribution in [0.2, 0.25) is 5.02 Å². The Hall–Kier alpha value is -3.04. The van der Waals surface area contributed by atoms with Gasteiger partial charge in [-0.15, -0.1) is 0 Å². The minimum absolute atomic E-state index is 0.110. The normalized spacial score (nSPS) is 17.5. The summed E-state index contributed by atoms with van der Waals surface area (Å²) in [6, 6.07) is 4.39. The topological polar surface area (TPSA) is 124 Å². The minimum Gasteiger partial charge on any atom is -0.495 e. The number of nitrogens with one attached hydrogen (secondary N) is 3. The molecule has 1 aromatic carbocycles. The van der Waals surface area contributed by atoms with E-state index in [0.29, 0.717) is 41.2 Å². The number of benzene rings is 1. The summed E-state index contributed by atoms with van der Waals surface area (Å²) in [6.07, 6.45) is 10.2. The fraction of sp³-hybridized carbons (Fsp3) is 0.519. The van der Waals surface area contributed by atoms with Crippen molar-refractivity contribution in [2.75, 3.05) is 20.2 Å². The van der Waals surface area contributed by atoms with Crippen molar-refractivity contribution in [2.45, 2.75) is 64.0 Å². The van der Waals surface area contributed by atoms with Crippen LogP contribution in [0, 0.1) is 11.3 Å². The molecule has 1 atom stereocenters. The van der Waals surface area contributed by atoms with Gasteiger partial charge in [0.05, 0.1) is 19.3 Å². The van der Waals surface area contributed by atoms with Crippen molar-refractivity contribution < 1.29 is 24.2 Å². The Kier molecular flexibility index (Phi) is 10.00. The van der Waals surface area contributed by atoms with Crippen LogP contribution in [0.5, 0.6) is 11.5 Å². The molecule has 1 heterocycles. The van der Waals surface area contributed by atoms with Crippen molar-refractivity contribution in [2.24, 2.45) is 5.92 Å². The Bertz CT molecular complexity index is 1040. The summed E-state index contributed by atoms with van der Waals surface area (Å²) in [5.41, 5.74) is -0.904. The Morgan fingerprint density at radius 2 is 2.00 bits per heavy atom. The molecule has 10 heteroatoms. The van der Waals surface area contributed by atoms with E-state index < -0.39 is 17.6 Å². The zero-order chi connectivity index (χ0) is 27.0. The molecule has 1 saturated carbocycles. The molecule has 0 aromatic heterocycles. The standard InChI is InChI=1S/C27H37ClN4O5/c1-27(2,35)17-30-13-12-23(29)31-26(34)20(14-18-8-5-4-6-9-18)32-16-19(15-24(32)33)37-22-11-7-10-21(36-3)25(22)28/h7,10-13,15,18,20,30,35H,4-6,8-9,14,16-17H2,1-3H3,(H2,29,31,34)/b13-12-/t20-/m0/s1. The smallest absolute Gasteiger partial charge is 0.251 e. The number of amides is 2. The predicted molar refractivity (Wildman–Crippen MR) is 143 cm³/mol. The molecule has 1 fully saturated rings. The van der Waals surface area contributed by atoms with Gasteiger partial charge in [-0.1, -0.05) is 49.8 Å². The molecule has 37 heavy (non-hydrogen) atoms.